The van der Waals surface area contributed by atoms with Crippen LogP contribution in [0.2, 0.25) is 0 Å². The monoisotopic (exact) mass is 313 g/mol. The van der Waals surface area contributed by atoms with Gasteiger partial charge in [-0.3, -0.25) is 9.48 Å². The average molecular weight is 313 g/mol. The van der Waals surface area contributed by atoms with Crippen LogP contribution in [0.3, 0.4) is 0 Å². The second kappa shape index (κ2) is 5.24. The minimum Gasteiger partial charge on any atom is -0.478 e. The number of hydrogen-bond donors (Lipinski definition) is 2. The number of aromatic carboxylic acids is 1. The van der Waals surface area contributed by atoms with Crippen LogP contribution in [-0.2, 0) is 0 Å². The Hall–Kier alpha value is -3.16. The largest absolute Gasteiger partial charge is 0.478 e. The third-order valence-electron chi connectivity index (χ3n) is 3.51. The third kappa shape index (κ3) is 2.44. The van der Waals surface area contributed by atoms with E-state index in [1.54, 1.807) is 16.8 Å². The zero-order valence-electron chi connectivity index (χ0n) is 12.6. The Morgan fingerprint density at radius 2 is 2.04 bits per heavy atom. The number of carboxylic acids is 1. The van der Waals surface area contributed by atoms with E-state index in [4.69, 9.17) is 10.8 Å². The molecule has 0 saturated carbocycles. The van der Waals surface area contributed by atoms with Crippen LogP contribution in [0.4, 0.5) is 0 Å². The predicted octanol–water partition coefficient (Wildman–Crippen LogP) is 1.60. The number of primary amides is 1. The third-order valence-corrected chi connectivity index (χ3v) is 3.51. The lowest BCUT2D eigenvalue weighted by atomic mass is 10.1. The maximum atomic E-state index is 11.6. The number of aromatic nitrogens is 4. The van der Waals surface area contributed by atoms with E-state index in [0.717, 1.165) is 5.52 Å². The van der Waals surface area contributed by atoms with Gasteiger partial charge in [0.2, 0.25) is 0 Å². The summed E-state index contributed by atoms with van der Waals surface area (Å²) in [5, 5.41) is 17.9. The summed E-state index contributed by atoms with van der Waals surface area (Å²) < 4.78 is 3.16. The Balaban J connectivity index is 2.19. The maximum absolute atomic E-state index is 11.6. The summed E-state index contributed by atoms with van der Waals surface area (Å²) in [6.07, 6.45) is 2.67. The first-order valence-corrected chi connectivity index (χ1v) is 6.99. The van der Waals surface area contributed by atoms with Crippen LogP contribution < -0.4 is 5.73 Å². The van der Waals surface area contributed by atoms with Crippen molar-refractivity contribution in [3.05, 3.63) is 41.9 Å². The van der Waals surface area contributed by atoms with Crippen LogP contribution in [0.1, 0.15) is 40.7 Å². The fraction of sp³-hybridized carbons (Fsp3) is 0.200. The number of nitrogens with two attached hydrogens (primary N) is 1. The van der Waals surface area contributed by atoms with Crippen LogP contribution in [0.15, 0.2) is 30.6 Å². The molecule has 0 aliphatic heterocycles. The molecule has 0 saturated heterocycles. The Morgan fingerprint density at radius 3 is 2.61 bits per heavy atom. The van der Waals surface area contributed by atoms with Gasteiger partial charge in [0.25, 0.3) is 5.91 Å². The molecule has 8 nitrogen and oxygen atoms in total. The Morgan fingerprint density at radius 1 is 1.30 bits per heavy atom. The van der Waals surface area contributed by atoms with Gasteiger partial charge in [-0.05, 0) is 32.0 Å². The molecule has 0 unspecified atom stereocenters. The SMILES string of the molecule is CC(C)n1nc(C(N)=O)c2cc(-n3cc(C(=O)O)cn3)ccc21. The maximum Gasteiger partial charge on any atom is 0.338 e. The van der Waals surface area contributed by atoms with Crippen molar-refractivity contribution >= 4 is 22.8 Å². The molecule has 0 radical (unpaired) electrons. The summed E-state index contributed by atoms with van der Waals surface area (Å²) in [6.45, 7) is 3.91. The summed E-state index contributed by atoms with van der Waals surface area (Å²) in [7, 11) is 0. The van der Waals surface area contributed by atoms with E-state index < -0.39 is 11.9 Å². The van der Waals surface area contributed by atoms with E-state index in [1.807, 2.05) is 19.9 Å². The van der Waals surface area contributed by atoms with Gasteiger partial charge in [-0.15, -0.1) is 0 Å². The molecule has 0 fully saturated rings. The number of amides is 1. The zero-order valence-corrected chi connectivity index (χ0v) is 12.6. The van der Waals surface area contributed by atoms with Crippen molar-refractivity contribution in [2.24, 2.45) is 5.73 Å². The molecule has 0 spiro atoms. The number of hydrogen-bond acceptors (Lipinski definition) is 4. The van der Waals surface area contributed by atoms with Crippen LogP contribution in [0.25, 0.3) is 16.6 Å². The smallest absolute Gasteiger partial charge is 0.338 e. The standard InChI is InChI=1S/C15H15N5O3/c1-8(2)20-12-4-3-10(5-11(12)13(18-20)14(16)21)19-7-9(6-17-19)15(22)23/h3-8H,1-2H3,(H2,16,21)(H,22,23). The normalized spacial score (nSPS) is 11.3. The Bertz CT molecular complexity index is 922. The van der Waals surface area contributed by atoms with Gasteiger partial charge in [-0.25, -0.2) is 9.48 Å². The summed E-state index contributed by atoms with van der Waals surface area (Å²) in [4.78, 5) is 22.6. The molecular weight excluding hydrogens is 298 g/mol. The van der Waals surface area contributed by atoms with Gasteiger partial charge in [-0.1, -0.05) is 0 Å². The van der Waals surface area contributed by atoms with E-state index in [0.29, 0.717) is 11.1 Å². The van der Waals surface area contributed by atoms with Crippen molar-refractivity contribution in [1.29, 1.82) is 0 Å². The molecular formula is C15H15N5O3. The van der Waals surface area contributed by atoms with Crippen LogP contribution in [0.5, 0.6) is 0 Å². The topological polar surface area (TPSA) is 116 Å². The van der Waals surface area contributed by atoms with Crippen molar-refractivity contribution < 1.29 is 14.7 Å². The minimum atomic E-state index is -1.05. The van der Waals surface area contributed by atoms with E-state index in [-0.39, 0.29) is 17.3 Å². The Kier molecular flexibility index (Phi) is 3.36. The molecule has 0 aliphatic carbocycles. The number of benzene rings is 1. The fourth-order valence-electron chi connectivity index (χ4n) is 2.42. The average Bonchev–Trinajstić information content (AvgIpc) is 3.11. The number of fused-ring (bicyclic) bond motifs is 1. The van der Waals surface area contributed by atoms with Gasteiger partial charge in [0.15, 0.2) is 5.69 Å². The minimum absolute atomic E-state index is 0.0692. The van der Waals surface area contributed by atoms with Crippen molar-refractivity contribution in [3.8, 4) is 5.69 Å². The molecule has 118 valence electrons. The lowest BCUT2D eigenvalue weighted by Gasteiger charge is -2.07. The zero-order chi connectivity index (χ0) is 16.7. The van der Waals surface area contributed by atoms with Crippen LogP contribution >= 0.6 is 0 Å². The first kappa shape index (κ1) is 14.8. The van der Waals surface area contributed by atoms with E-state index in [1.165, 1.54) is 17.1 Å². The summed E-state index contributed by atoms with van der Waals surface area (Å²) in [6, 6.07) is 5.39. The highest BCUT2D eigenvalue weighted by Crippen LogP contribution is 2.24. The fourth-order valence-corrected chi connectivity index (χ4v) is 2.42. The van der Waals surface area contributed by atoms with Crippen LogP contribution in [-0.4, -0.2) is 36.5 Å². The molecule has 0 atom stereocenters. The number of rotatable bonds is 4. The van der Waals surface area contributed by atoms with Gasteiger partial charge in [0.05, 0.1) is 23.0 Å². The predicted molar refractivity (Wildman–Crippen MR) is 82.7 cm³/mol. The number of nitrogens with zero attached hydrogens (tertiary/aromatic N) is 4. The molecule has 1 amide bonds. The van der Waals surface area contributed by atoms with Crippen molar-refractivity contribution in [2.75, 3.05) is 0 Å². The summed E-state index contributed by atoms with van der Waals surface area (Å²) >= 11 is 0. The lowest BCUT2D eigenvalue weighted by molar-refractivity contribution is 0.0696. The van der Waals surface area contributed by atoms with Crippen molar-refractivity contribution in [3.63, 3.8) is 0 Å². The number of carboxylic acid groups (broad SMARTS) is 1. The number of carbonyl (C=O) groups excluding carboxylic acids is 1. The van der Waals surface area contributed by atoms with E-state index >= 15 is 0 Å². The second-order valence-electron chi connectivity index (χ2n) is 5.43. The van der Waals surface area contributed by atoms with E-state index in [2.05, 4.69) is 10.2 Å². The molecule has 2 heterocycles. The molecule has 0 bridgehead atoms. The highest BCUT2D eigenvalue weighted by molar-refractivity contribution is 6.04. The highest BCUT2D eigenvalue weighted by atomic mass is 16.4. The number of carbonyl (C=O) groups is 2. The van der Waals surface area contributed by atoms with Gasteiger partial charge in [0, 0.05) is 17.6 Å². The molecule has 3 N–H and O–H groups in total. The molecule has 23 heavy (non-hydrogen) atoms. The van der Waals surface area contributed by atoms with Crippen LogP contribution in [0, 0.1) is 0 Å². The molecule has 3 rings (SSSR count). The quantitative estimate of drug-likeness (QED) is 0.759. The first-order chi connectivity index (χ1) is 10.9. The molecule has 3 aromatic rings. The first-order valence-electron chi connectivity index (χ1n) is 6.99. The van der Waals surface area contributed by atoms with Gasteiger partial charge < -0.3 is 10.8 Å². The van der Waals surface area contributed by atoms with Crippen molar-refractivity contribution in [1.82, 2.24) is 19.6 Å². The van der Waals surface area contributed by atoms with Gasteiger partial charge in [-0.2, -0.15) is 10.2 Å². The second-order valence-corrected chi connectivity index (χ2v) is 5.43. The van der Waals surface area contributed by atoms with Crippen molar-refractivity contribution in [2.45, 2.75) is 19.9 Å². The van der Waals surface area contributed by atoms with Gasteiger partial charge in [0.1, 0.15) is 0 Å². The molecule has 2 aromatic heterocycles. The summed E-state index contributed by atoms with van der Waals surface area (Å²) in [5.41, 5.74) is 7.08. The Labute approximate surface area is 131 Å². The molecule has 0 aliphatic rings. The van der Waals surface area contributed by atoms with Gasteiger partial charge >= 0.3 is 5.97 Å². The highest BCUT2D eigenvalue weighted by Gasteiger charge is 2.17. The molecule has 8 heteroatoms. The summed E-state index contributed by atoms with van der Waals surface area (Å²) in [5.74, 6) is -1.67. The lowest BCUT2D eigenvalue weighted by Crippen LogP contribution is -2.13. The van der Waals surface area contributed by atoms with E-state index in [9.17, 15) is 9.59 Å². The molecule has 1 aromatic carbocycles.